The number of aromatic nitrogens is 4. The molecule has 0 spiro atoms. The van der Waals surface area contributed by atoms with Gasteiger partial charge in [-0.3, -0.25) is 15.1 Å². The van der Waals surface area contributed by atoms with Crippen molar-refractivity contribution in [2.75, 3.05) is 18.0 Å². The van der Waals surface area contributed by atoms with Crippen LogP contribution in [0.1, 0.15) is 74.6 Å². The van der Waals surface area contributed by atoms with Crippen LogP contribution in [0.2, 0.25) is 0 Å². The van der Waals surface area contributed by atoms with Crippen LogP contribution >= 0.6 is 11.8 Å². The van der Waals surface area contributed by atoms with Gasteiger partial charge in [-0.25, -0.2) is 0 Å². The summed E-state index contributed by atoms with van der Waals surface area (Å²) in [5.74, 6) is 1.13. The molecule has 0 saturated carbocycles. The first-order chi connectivity index (χ1) is 19.4. The molecule has 0 radical (unpaired) electrons. The molecule has 1 amide bonds. The van der Waals surface area contributed by atoms with E-state index in [2.05, 4.69) is 39.4 Å². The number of H-pyrrole nitrogens is 1. The van der Waals surface area contributed by atoms with Gasteiger partial charge in [-0.1, -0.05) is 36.3 Å². The molecular weight excluding hydrogens is 524 g/mol. The van der Waals surface area contributed by atoms with Crippen LogP contribution in [0.25, 0.3) is 0 Å². The van der Waals surface area contributed by atoms with Crippen molar-refractivity contribution in [1.29, 1.82) is 5.41 Å². The highest BCUT2D eigenvalue weighted by Crippen LogP contribution is 2.48. The fraction of sp³-hybridized carbons (Fsp3) is 0.483. The van der Waals surface area contributed by atoms with Gasteiger partial charge in [0.2, 0.25) is 11.7 Å². The number of carbonyl (C=O) groups is 1. The number of nitrogens with two attached hydrogens (primary N) is 1. The summed E-state index contributed by atoms with van der Waals surface area (Å²) in [6.45, 7) is 6.61. The number of fused-ring (bicyclic) bond motifs is 1. The Bertz CT molecular complexity index is 1310. The fourth-order valence-electron chi connectivity index (χ4n) is 5.69. The molecule has 2 aliphatic heterocycles. The molecule has 4 N–H and O–H groups in total. The highest BCUT2D eigenvalue weighted by Gasteiger charge is 2.35. The van der Waals surface area contributed by atoms with Gasteiger partial charge in [0.05, 0.1) is 5.69 Å². The number of nitrogens with one attached hydrogen (secondary N) is 2. The zero-order valence-corrected chi connectivity index (χ0v) is 24.0. The normalized spacial score (nSPS) is 21.3. The molecule has 0 aliphatic carbocycles. The Labute approximate surface area is 239 Å². The minimum Gasteiger partial charge on any atom is -0.485 e. The van der Waals surface area contributed by atoms with E-state index in [1.807, 2.05) is 41.3 Å². The van der Waals surface area contributed by atoms with E-state index in [1.54, 1.807) is 6.07 Å². The predicted octanol–water partition coefficient (Wildman–Crippen LogP) is 4.68. The Kier molecular flexibility index (Phi) is 9.01. The number of thioether (sulfide) groups is 1. The van der Waals surface area contributed by atoms with E-state index in [4.69, 9.17) is 15.9 Å². The number of carbonyl (C=O) groups excluding carboxylic acids is 1. The fourth-order valence-corrected chi connectivity index (χ4v) is 6.90. The van der Waals surface area contributed by atoms with Gasteiger partial charge in [0.25, 0.3) is 0 Å². The molecule has 40 heavy (non-hydrogen) atoms. The maximum absolute atomic E-state index is 14.0. The number of benzene rings is 2. The Morgan fingerprint density at radius 2 is 1.93 bits per heavy atom. The molecule has 3 heterocycles. The van der Waals surface area contributed by atoms with E-state index in [1.165, 1.54) is 31.0 Å². The highest BCUT2D eigenvalue weighted by atomic mass is 32.2. The summed E-state index contributed by atoms with van der Waals surface area (Å²) in [6, 6.07) is 14.6. The molecule has 3 aromatic rings. The second-order valence-electron chi connectivity index (χ2n) is 10.7. The molecule has 1 aromatic heterocycles. The topological polar surface area (TPSA) is 137 Å². The first kappa shape index (κ1) is 28.1. The molecular formula is C29H38N8O2S. The van der Waals surface area contributed by atoms with Gasteiger partial charge < -0.3 is 15.4 Å². The molecule has 1 fully saturated rings. The lowest BCUT2D eigenvalue weighted by molar-refractivity contribution is -0.118. The number of nitrogens with zero attached hydrogens (tertiary/aromatic N) is 5. The maximum Gasteiger partial charge on any atom is 0.245 e. The van der Waals surface area contributed by atoms with Crippen molar-refractivity contribution in [2.45, 2.75) is 81.2 Å². The monoisotopic (exact) mass is 562 g/mol. The lowest BCUT2D eigenvalue weighted by atomic mass is 9.97. The molecule has 10 nitrogen and oxygen atoms in total. The van der Waals surface area contributed by atoms with Crippen LogP contribution in [0.5, 0.6) is 5.75 Å². The Hall–Kier alpha value is -3.44. The van der Waals surface area contributed by atoms with Gasteiger partial charge in [0, 0.05) is 35.2 Å². The van der Waals surface area contributed by atoms with Crippen LogP contribution in [-0.4, -0.2) is 62.4 Å². The lowest BCUT2D eigenvalue weighted by Crippen LogP contribution is -2.44. The van der Waals surface area contributed by atoms with Crippen LogP contribution in [0, 0.1) is 5.41 Å². The number of piperidine rings is 1. The van der Waals surface area contributed by atoms with Crippen molar-refractivity contribution < 1.29 is 9.53 Å². The van der Waals surface area contributed by atoms with Gasteiger partial charge in [-0.2, -0.15) is 5.21 Å². The van der Waals surface area contributed by atoms with E-state index in [0.29, 0.717) is 35.8 Å². The number of anilines is 1. The van der Waals surface area contributed by atoms with Gasteiger partial charge in [-0.05, 0) is 69.8 Å². The zero-order valence-electron chi connectivity index (χ0n) is 23.2. The number of amides is 1. The number of rotatable bonds is 11. The van der Waals surface area contributed by atoms with Crippen LogP contribution in [0.3, 0.4) is 0 Å². The number of nitrogen functional groups attached to an aromatic ring is 1. The van der Waals surface area contributed by atoms with E-state index in [0.717, 1.165) is 42.0 Å². The Balaban J connectivity index is 1.31. The van der Waals surface area contributed by atoms with Crippen molar-refractivity contribution in [3.05, 3.63) is 59.4 Å². The van der Waals surface area contributed by atoms with E-state index in [9.17, 15) is 4.79 Å². The number of likely N-dealkylation sites (tertiary alicyclic amines) is 1. The zero-order chi connectivity index (χ0) is 28.1. The van der Waals surface area contributed by atoms with Crippen molar-refractivity contribution in [1.82, 2.24) is 25.5 Å². The summed E-state index contributed by atoms with van der Waals surface area (Å²) in [5.41, 5.74) is 8.08. The molecule has 2 aliphatic rings. The average Bonchev–Trinajstić information content (AvgIpc) is 3.48. The Morgan fingerprint density at radius 3 is 2.67 bits per heavy atom. The van der Waals surface area contributed by atoms with Gasteiger partial charge in [0.1, 0.15) is 16.8 Å². The van der Waals surface area contributed by atoms with Gasteiger partial charge >= 0.3 is 0 Å². The predicted molar refractivity (Wildman–Crippen MR) is 157 cm³/mol. The minimum atomic E-state index is -0.409. The molecule has 212 valence electrons. The molecule has 3 atom stereocenters. The summed E-state index contributed by atoms with van der Waals surface area (Å²) < 4.78 is 5.91. The van der Waals surface area contributed by atoms with Crippen LogP contribution in [-0.2, 0) is 11.4 Å². The van der Waals surface area contributed by atoms with Crippen LogP contribution in [0.4, 0.5) is 5.69 Å². The van der Waals surface area contributed by atoms with Gasteiger partial charge in [-0.15, -0.1) is 22.0 Å². The minimum absolute atomic E-state index is 0.00639. The van der Waals surface area contributed by atoms with Gasteiger partial charge in [0.15, 0.2) is 6.61 Å². The first-order valence-corrected chi connectivity index (χ1v) is 15.0. The number of aromatic amines is 1. The standard InChI is InChI=1S/C29H38N8O2S/c1-19-8-6-9-20(2)36(19)14-4-3-5-15-37-24-17-23(39-18-26-32-34-35-33-26)12-13-25(24)40-27(29(37)38)21-10-7-11-22(16-21)28(30)31/h7,10-13,16-17,19-20,27H,3-6,8-9,14-15,18H2,1-2H3,(H3,30,31)(H,32,33,34,35)/t19-,20+,27?. The largest absolute Gasteiger partial charge is 0.485 e. The summed E-state index contributed by atoms with van der Waals surface area (Å²) in [4.78, 5) is 19.5. The van der Waals surface area contributed by atoms with Crippen molar-refractivity contribution in [2.24, 2.45) is 5.73 Å². The summed E-state index contributed by atoms with van der Waals surface area (Å²) in [6.07, 6.45) is 6.98. The SMILES string of the molecule is C[C@@H]1CCC[C@H](C)N1CCCCCN1C(=O)C(c2cccc(C(=N)N)c2)Sc2ccc(OCc3nn[nH]n3)cc21. The number of amidine groups is 1. The molecule has 2 aromatic carbocycles. The van der Waals surface area contributed by atoms with E-state index < -0.39 is 5.25 Å². The second kappa shape index (κ2) is 12.8. The third-order valence-electron chi connectivity index (χ3n) is 7.89. The molecule has 1 saturated heterocycles. The quantitative estimate of drug-likeness (QED) is 0.174. The Morgan fingerprint density at radius 1 is 1.12 bits per heavy atom. The maximum atomic E-state index is 14.0. The number of ether oxygens (including phenoxy) is 1. The average molecular weight is 563 g/mol. The van der Waals surface area contributed by atoms with E-state index in [-0.39, 0.29) is 18.3 Å². The van der Waals surface area contributed by atoms with Crippen LogP contribution in [0.15, 0.2) is 47.4 Å². The number of unbranched alkanes of at least 4 members (excludes halogenated alkanes) is 2. The summed E-state index contributed by atoms with van der Waals surface area (Å²) in [5, 5.41) is 21.3. The number of hydrogen-bond acceptors (Lipinski definition) is 8. The number of hydrogen-bond donors (Lipinski definition) is 3. The summed E-state index contributed by atoms with van der Waals surface area (Å²) in [7, 11) is 0. The van der Waals surface area contributed by atoms with Crippen molar-refractivity contribution in [3.8, 4) is 5.75 Å². The third-order valence-corrected chi connectivity index (χ3v) is 9.20. The first-order valence-electron chi connectivity index (χ1n) is 14.1. The second-order valence-corrected chi connectivity index (χ2v) is 11.8. The lowest BCUT2D eigenvalue weighted by Gasteiger charge is -2.39. The third kappa shape index (κ3) is 6.47. The van der Waals surface area contributed by atoms with Crippen molar-refractivity contribution >= 4 is 29.2 Å². The smallest absolute Gasteiger partial charge is 0.245 e. The summed E-state index contributed by atoms with van der Waals surface area (Å²) >= 11 is 1.53. The van der Waals surface area contributed by atoms with Crippen LogP contribution < -0.4 is 15.4 Å². The van der Waals surface area contributed by atoms with E-state index >= 15 is 0 Å². The highest BCUT2D eigenvalue weighted by molar-refractivity contribution is 8.00. The molecule has 5 rings (SSSR count). The molecule has 1 unspecified atom stereocenters. The molecule has 11 heteroatoms. The van der Waals surface area contributed by atoms with Crippen molar-refractivity contribution in [3.63, 3.8) is 0 Å². The number of tetrazole rings is 1. The molecule has 0 bridgehead atoms.